The third-order valence-electron chi connectivity index (χ3n) is 1.94. The van der Waals surface area contributed by atoms with Crippen LogP contribution in [0.5, 0.6) is 0 Å². The lowest BCUT2D eigenvalue weighted by Gasteiger charge is -2.09. The Bertz CT molecular complexity index is 325. The number of alkyl halides is 1. The number of benzene rings is 1. The van der Waals surface area contributed by atoms with Gasteiger partial charge in [0.25, 0.3) is 0 Å². The van der Waals surface area contributed by atoms with E-state index in [0.29, 0.717) is 6.42 Å². The molecule has 0 heterocycles. The van der Waals surface area contributed by atoms with Crippen molar-refractivity contribution < 1.29 is 13.2 Å². The van der Waals surface area contributed by atoms with Crippen LogP contribution >= 0.6 is 11.6 Å². The molecule has 0 fully saturated rings. The van der Waals surface area contributed by atoms with Gasteiger partial charge in [-0.3, -0.25) is 0 Å². The third-order valence-corrected chi connectivity index (χ3v) is 2.40. The minimum absolute atomic E-state index is 0.0208. The van der Waals surface area contributed by atoms with Crippen LogP contribution in [0.25, 0.3) is 0 Å². The van der Waals surface area contributed by atoms with Gasteiger partial charge in [0.1, 0.15) is 0 Å². The van der Waals surface area contributed by atoms with Gasteiger partial charge in [-0.05, 0) is 12.5 Å². The fourth-order valence-corrected chi connectivity index (χ4v) is 1.58. The first-order valence-electron chi connectivity index (χ1n) is 4.35. The molecule has 0 bridgehead atoms. The van der Waals surface area contributed by atoms with Crippen molar-refractivity contribution in [2.45, 2.75) is 25.1 Å². The number of hydrogen-bond donors (Lipinski definition) is 0. The second-order valence-corrected chi connectivity index (χ2v) is 3.55. The highest BCUT2D eigenvalue weighted by Crippen LogP contribution is 2.29. The lowest BCUT2D eigenvalue weighted by molar-refractivity contribution is 0.439. The van der Waals surface area contributed by atoms with Gasteiger partial charge in [0, 0.05) is 5.56 Å². The van der Waals surface area contributed by atoms with E-state index in [9.17, 15) is 13.2 Å². The maximum atomic E-state index is 13.1. The Kier molecular flexibility index (Phi) is 3.81. The van der Waals surface area contributed by atoms with Gasteiger partial charge in [-0.2, -0.15) is 0 Å². The molecule has 14 heavy (non-hydrogen) atoms. The van der Waals surface area contributed by atoms with Crippen molar-refractivity contribution in [2.75, 3.05) is 0 Å². The van der Waals surface area contributed by atoms with Crippen LogP contribution in [0.15, 0.2) is 12.1 Å². The number of halogens is 4. The normalized spacial score (nSPS) is 12.9. The average Bonchev–Trinajstić information content (AvgIpc) is 2.15. The summed E-state index contributed by atoms with van der Waals surface area (Å²) in [6.07, 6.45) is 1.29. The van der Waals surface area contributed by atoms with Crippen molar-refractivity contribution in [3.05, 3.63) is 35.1 Å². The van der Waals surface area contributed by atoms with Crippen LogP contribution in [0.3, 0.4) is 0 Å². The van der Waals surface area contributed by atoms with Crippen LogP contribution in [0.1, 0.15) is 30.7 Å². The predicted octanol–water partition coefficient (Wildman–Crippen LogP) is 4.18. The zero-order chi connectivity index (χ0) is 10.7. The average molecular weight is 223 g/mol. The molecule has 0 aliphatic carbocycles. The molecule has 1 unspecified atom stereocenters. The smallest absolute Gasteiger partial charge is 0.194 e. The molecule has 0 N–H and O–H groups in total. The molecule has 0 aromatic heterocycles. The molecule has 1 aromatic rings. The van der Waals surface area contributed by atoms with Crippen molar-refractivity contribution in [3.8, 4) is 0 Å². The Balaban J connectivity index is 3.04. The van der Waals surface area contributed by atoms with E-state index in [-0.39, 0.29) is 5.56 Å². The summed E-state index contributed by atoms with van der Waals surface area (Å²) >= 11 is 5.81. The van der Waals surface area contributed by atoms with Gasteiger partial charge >= 0.3 is 0 Å². The molecule has 0 radical (unpaired) electrons. The molecular formula is C10H10ClF3. The van der Waals surface area contributed by atoms with E-state index in [1.165, 1.54) is 6.07 Å². The second-order valence-electron chi connectivity index (χ2n) is 3.02. The minimum atomic E-state index is -1.45. The maximum absolute atomic E-state index is 13.1. The SMILES string of the molecule is CCCC(Cl)c1ccc(F)c(F)c1F. The van der Waals surface area contributed by atoms with E-state index < -0.39 is 22.8 Å². The Labute approximate surface area is 85.7 Å². The zero-order valence-electron chi connectivity index (χ0n) is 7.66. The lowest BCUT2D eigenvalue weighted by Crippen LogP contribution is -2.00. The van der Waals surface area contributed by atoms with Crippen LogP contribution in [-0.2, 0) is 0 Å². The van der Waals surface area contributed by atoms with Crippen LogP contribution in [-0.4, -0.2) is 0 Å². The first kappa shape index (κ1) is 11.4. The molecule has 0 saturated carbocycles. The van der Waals surface area contributed by atoms with Crippen molar-refractivity contribution in [3.63, 3.8) is 0 Å². The number of hydrogen-bond acceptors (Lipinski definition) is 0. The molecule has 1 rings (SSSR count). The Morgan fingerprint density at radius 1 is 1.21 bits per heavy atom. The highest BCUT2D eigenvalue weighted by molar-refractivity contribution is 6.20. The van der Waals surface area contributed by atoms with Gasteiger partial charge in [-0.15, -0.1) is 11.6 Å². The molecule has 0 saturated heterocycles. The monoisotopic (exact) mass is 222 g/mol. The van der Waals surface area contributed by atoms with E-state index in [1.807, 2.05) is 6.92 Å². The molecule has 0 aliphatic heterocycles. The van der Waals surface area contributed by atoms with Gasteiger partial charge in [0.15, 0.2) is 17.5 Å². The van der Waals surface area contributed by atoms with Crippen molar-refractivity contribution in [1.29, 1.82) is 0 Å². The molecule has 4 heteroatoms. The van der Waals surface area contributed by atoms with Gasteiger partial charge in [0.2, 0.25) is 0 Å². The maximum Gasteiger partial charge on any atom is 0.194 e. The van der Waals surface area contributed by atoms with E-state index in [4.69, 9.17) is 11.6 Å². The lowest BCUT2D eigenvalue weighted by atomic mass is 10.1. The van der Waals surface area contributed by atoms with E-state index in [2.05, 4.69) is 0 Å². The largest absolute Gasteiger partial charge is 0.204 e. The minimum Gasteiger partial charge on any atom is -0.204 e. The van der Waals surface area contributed by atoms with Crippen molar-refractivity contribution in [1.82, 2.24) is 0 Å². The quantitative estimate of drug-likeness (QED) is 0.532. The van der Waals surface area contributed by atoms with E-state index in [1.54, 1.807) is 0 Å². The Hall–Kier alpha value is -0.700. The predicted molar refractivity (Wildman–Crippen MR) is 49.8 cm³/mol. The van der Waals surface area contributed by atoms with Gasteiger partial charge in [-0.25, -0.2) is 13.2 Å². The molecule has 1 aromatic carbocycles. The third kappa shape index (κ3) is 2.21. The van der Waals surface area contributed by atoms with Crippen molar-refractivity contribution >= 4 is 11.6 Å². The highest BCUT2D eigenvalue weighted by atomic mass is 35.5. The summed E-state index contributed by atoms with van der Waals surface area (Å²) in [4.78, 5) is 0. The summed E-state index contributed by atoms with van der Waals surface area (Å²) in [5.41, 5.74) is 0.0208. The van der Waals surface area contributed by atoms with Crippen LogP contribution in [0, 0.1) is 17.5 Å². The Morgan fingerprint density at radius 2 is 1.86 bits per heavy atom. The van der Waals surface area contributed by atoms with Gasteiger partial charge in [-0.1, -0.05) is 19.4 Å². The van der Waals surface area contributed by atoms with E-state index in [0.717, 1.165) is 12.5 Å². The standard InChI is InChI=1S/C10H10ClF3/c1-2-3-7(11)6-4-5-8(12)10(14)9(6)13/h4-5,7H,2-3H2,1H3. The fraction of sp³-hybridized carbons (Fsp3) is 0.400. The molecule has 0 nitrogen and oxygen atoms in total. The van der Waals surface area contributed by atoms with Crippen LogP contribution in [0.2, 0.25) is 0 Å². The molecule has 0 aliphatic rings. The number of rotatable bonds is 3. The van der Waals surface area contributed by atoms with Gasteiger partial charge in [0.05, 0.1) is 5.38 Å². The Morgan fingerprint density at radius 3 is 2.43 bits per heavy atom. The molecule has 0 spiro atoms. The second kappa shape index (κ2) is 4.69. The molecule has 1 atom stereocenters. The fourth-order valence-electron chi connectivity index (χ4n) is 1.19. The molecular weight excluding hydrogens is 213 g/mol. The highest BCUT2D eigenvalue weighted by Gasteiger charge is 2.18. The van der Waals surface area contributed by atoms with Crippen LogP contribution in [0.4, 0.5) is 13.2 Å². The first-order chi connectivity index (χ1) is 6.57. The summed E-state index contributed by atoms with van der Waals surface area (Å²) in [5.74, 6) is -3.82. The van der Waals surface area contributed by atoms with Crippen molar-refractivity contribution in [2.24, 2.45) is 0 Å². The first-order valence-corrected chi connectivity index (χ1v) is 4.79. The summed E-state index contributed by atoms with van der Waals surface area (Å²) in [7, 11) is 0. The summed E-state index contributed by atoms with van der Waals surface area (Å²) in [5, 5.41) is -0.602. The summed E-state index contributed by atoms with van der Waals surface area (Å²) in [6.45, 7) is 1.88. The molecule has 78 valence electrons. The zero-order valence-corrected chi connectivity index (χ0v) is 8.41. The van der Waals surface area contributed by atoms with Crippen LogP contribution < -0.4 is 0 Å². The molecule has 0 amide bonds. The summed E-state index contributed by atoms with van der Waals surface area (Å²) < 4.78 is 38.5. The van der Waals surface area contributed by atoms with Gasteiger partial charge < -0.3 is 0 Å². The van der Waals surface area contributed by atoms with E-state index >= 15 is 0 Å². The summed E-state index contributed by atoms with van der Waals surface area (Å²) in [6, 6.07) is 2.07. The topological polar surface area (TPSA) is 0 Å².